The largest absolute Gasteiger partial charge is 0.493 e. The molecule has 2 aliphatic heterocycles. The molecule has 0 spiro atoms. The highest BCUT2D eigenvalue weighted by Crippen LogP contribution is 2.41. The Labute approximate surface area is 142 Å². The maximum Gasteiger partial charge on any atom is 0.233 e. The molecule has 3 rings (SSSR count). The minimum absolute atomic E-state index is 0.0731. The first-order chi connectivity index (χ1) is 11.0. The number of aliphatic hydroxyl groups excluding tert-OH is 1. The van der Waals surface area contributed by atoms with Crippen LogP contribution in [0, 0.1) is 5.41 Å². The molecule has 1 aromatic carbocycles. The lowest BCUT2D eigenvalue weighted by atomic mass is 9.89. The van der Waals surface area contributed by atoms with Gasteiger partial charge >= 0.3 is 0 Å². The van der Waals surface area contributed by atoms with Crippen molar-refractivity contribution < 1.29 is 14.6 Å². The highest BCUT2D eigenvalue weighted by Gasteiger charge is 2.33. The van der Waals surface area contributed by atoms with Gasteiger partial charge in [-0.1, -0.05) is 19.9 Å². The number of carbonyl (C=O) groups excluding carboxylic acids is 1. The van der Waals surface area contributed by atoms with Crippen molar-refractivity contribution in [2.75, 3.05) is 25.5 Å². The van der Waals surface area contributed by atoms with Crippen LogP contribution >= 0.6 is 11.8 Å². The Hall–Kier alpha value is -1.20. The standard InChI is InChI=1S/C18H25NO3S/c1-18(2,12-20)7-3-8-19-16(21)11-23-17(19)14-4-5-15-13(10-14)6-9-22-15/h4-5,10,17,20H,3,6-9,11-12H2,1-2H3. The van der Waals surface area contributed by atoms with Crippen LogP contribution in [-0.2, 0) is 11.2 Å². The smallest absolute Gasteiger partial charge is 0.233 e. The van der Waals surface area contributed by atoms with Crippen molar-refractivity contribution in [3.05, 3.63) is 29.3 Å². The molecule has 0 aromatic heterocycles. The highest BCUT2D eigenvalue weighted by atomic mass is 32.2. The van der Waals surface area contributed by atoms with Gasteiger partial charge in [0, 0.05) is 19.6 Å². The number of hydrogen-bond donors (Lipinski definition) is 1. The number of nitrogens with zero attached hydrogens (tertiary/aromatic N) is 1. The third kappa shape index (κ3) is 3.66. The molecule has 126 valence electrons. The van der Waals surface area contributed by atoms with Gasteiger partial charge in [-0.05, 0) is 41.5 Å². The summed E-state index contributed by atoms with van der Waals surface area (Å²) in [5, 5.41) is 9.48. The lowest BCUT2D eigenvalue weighted by molar-refractivity contribution is -0.128. The fraction of sp³-hybridized carbons (Fsp3) is 0.611. The minimum atomic E-state index is -0.0731. The summed E-state index contributed by atoms with van der Waals surface area (Å²) in [7, 11) is 0. The van der Waals surface area contributed by atoms with E-state index in [1.54, 1.807) is 11.8 Å². The number of amides is 1. The molecule has 1 unspecified atom stereocenters. The van der Waals surface area contributed by atoms with Crippen molar-refractivity contribution in [2.24, 2.45) is 5.41 Å². The van der Waals surface area contributed by atoms with Crippen molar-refractivity contribution in [3.63, 3.8) is 0 Å². The van der Waals surface area contributed by atoms with Gasteiger partial charge in [-0.2, -0.15) is 0 Å². The molecule has 1 N–H and O–H groups in total. The molecular weight excluding hydrogens is 310 g/mol. The van der Waals surface area contributed by atoms with E-state index in [1.807, 2.05) is 11.0 Å². The van der Waals surface area contributed by atoms with Gasteiger partial charge in [0.25, 0.3) is 0 Å². The Morgan fingerprint density at radius 3 is 3.04 bits per heavy atom. The molecule has 0 radical (unpaired) electrons. The van der Waals surface area contributed by atoms with Crippen LogP contribution in [-0.4, -0.2) is 41.4 Å². The van der Waals surface area contributed by atoms with Crippen LogP contribution in [0.4, 0.5) is 0 Å². The zero-order valence-electron chi connectivity index (χ0n) is 13.9. The average molecular weight is 335 g/mol. The van der Waals surface area contributed by atoms with Crippen molar-refractivity contribution in [2.45, 2.75) is 38.5 Å². The molecular formula is C18H25NO3S. The van der Waals surface area contributed by atoms with Crippen LogP contribution in [0.15, 0.2) is 18.2 Å². The highest BCUT2D eigenvalue weighted by molar-refractivity contribution is 8.00. The summed E-state index contributed by atoms with van der Waals surface area (Å²) in [4.78, 5) is 14.2. The predicted molar refractivity (Wildman–Crippen MR) is 92.7 cm³/mol. The van der Waals surface area contributed by atoms with Gasteiger partial charge in [0.1, 0.15) is 11.1 Å². The molecule has 0 bridgehead atoms. The first kappa shape index (κ1) is 16.7. The molecule has 1 amide bonds. The SMILES string of the molecule is CC(C)(CO)CCCN1C(=O)CSC1c1ccc2c(c1)CCO2. The lowest BCUT2D eigenvalue weighted by Gasteiger charge is -2.27. The van der Waals surface area contributed by atoms with Gasteiger partial charge in [-0.15, -0.1) is 11.8 Å². The molecule has 1 fully saturated rings. The molecule has 23 heavy (non-hydrogen) atoms. The van der Waals surface area contributed by atoms with E-state index in [9.17, 15) is 9.90 Å². The van der Waals surface area contributed by atoms with Crippen molar-refractivity contribution >= 4 is 17.7 Å². The molecule has 1 atom stereocenters. The molecule has 1 aromatic rings. The lowest BCUT2D eigenvalue weighted by Crippen LogP contribution is -2.30. The predicted octanol–water partition coefficient (Wildman–Crippen LogP) is 2.99. The molecule has 4 nitrogen and oxygen atoms in total. The summed E-state index contributed by atoms with van der Waals surface area (Å²) < 4.78 is 5.57. The van der Waals surface area contributed by atoms with Crippen molar-refractivity contribution in [1.82, 2.24) is 4.90 Å². The number of thioether (sulfide) groups is 1. The Bertz CT molecular complexity index is 588. The zero-order valence-corrected chi connectivity index (χ0v) is 14.7. The van der Waals surface area contributed by atoms with E-state index in [0.717, 1.165) is 38.2 Å². The Balaban J connectivity index is 1.67. The second-order valence-corrected chi connectivity index (χ2v) is 8.21. The van der Waals surface area contributed by atoms with Gasteiger partial charge < -0.3 is 14.7 Å². The van der Waals surface area contributed by atoms with Gasteiger partial charge in [0.15, 0.2) is 0 Å². The average Bonchev–Trinajstić information content (AvgIpc) is 3.13. The van der Waals surface area contributed by atoms with Gasteiger partial charge in [0.2, 0.25) is 5.91 Å². The van der Waals surface area contributed by atoms with Gasteiger partial charge in [-0.25, -0.2) is 0 Å². The number of hydrogen-bond acceptors (Lipinski definition) is 4. The first-order valence-electron chi connectivity index (χ1n) is 8.28. The van der Waals surface area contributed by atoms with Crippen LogP contribution in [0.1, 0.15) is 43.2 Å². The van der Waals surface area contributed by atoms with Gasteiger partial charge in [-0.3, -0.25) is 4.79 Å². The maximum atomic E-state index is 12.2. The molecule has 2 heterocycles. The van der Waals surface area contributed by atoms with E-state index >= 15 is 0 Å². The Morgan fingerprint density at radius 2 is 2.26 bits per heavy atom. The summed E-state index contributed by atoms with van der Waals surface area (Å²) in [5.41, 5.74) is 2.38. The summed E-state index contributed by atoms with van der Waals surface area (Å²) in [6.45, 7) is 5.82. The number of ether oxygens (including phenoxy) is 1. The Kier molecular flexibility index (Phi) is 4.87. The van der Waals surface area contributed by atoms with E-state index in [0.29, 0.717) is 5.75 Å². The number of benzene rings is 1. The topological polar surface area (TPSA) is 49.8 Å². The molecule has 1 saturated heterocycles. The quantitative estimate of drug-likeness (QED) is 0.868. The third-order valence-corrected chi connectivity index (χ3v) is 5.90. The molecule has 2 aliphatic rings. The van der Waals surface area contributed by atoms with Crippen LogP contribution in [0.25, 0.3) is 0 Å². The van der Waals surface area contributed by atoms with Gasteiger partial charge in [0.05, 0.1) is 12.4 Å². The van der Waals surface area contributed by atoms with Crippen LogP contribution in [0.5, 0.6) is 5.75 Å². The normalized spacial score (nSPS) is 20.7. The second-order valence-electron chi connectivity index (χ2n) is 7.14. The Morgan fingerprint density at radius 1 is 1.43 bits per heavy atom. The van der Waals surface area contributed by atoms with E-state index in [1.165, 1.54) is 11.1 Å². The van der Waals surface area contributed by atoms with E-state index in [2.05, 4.69) is 26.0 Å². The summed E-state index contributed by atoms with van der Waals surface area (Å²) in [5.74, 6) is 1.76. The monoisotopic (exact) mass is 335 g/mol. The van der Waals surface area contributed by atoms with Crippen LogP contribution < -0.4 is 4.74 Å². The second kappa shape index (κ2) is 6.73. The fourth-order valence-corrected chi connectivity index (χ4v) is 4.35. The molecule has 0 saturated carbocycles. The van der Waals surface area contributed by atoms with Crippen LogP contribution in [0.3, 0.4) is 0 Å². The molecule has 0 aliphatic carbocycles. The van der Waals surface area contributed by atoms with E-state index in [-0.39, 0.29) is 23.3 Å². The summed E-state index contributed by atoms with van der Waals surface area (Å²) in [6.07, 6.45) is 2.80. The van der Waals surface area contributed by atoms with Crippen LogP contribution in [0.2, 0.25) is 0 Å². The fourth-order valence-electron chi connectivity index (χ4n) is 3.14. The maximum absolute atomic E-state index is 12.2. The molecule has 5 heteroatoms. The summed E-state index contributed by atoms with van der Waals surface area (Å²) in [6, 6.07) is 6.32. The van der Waals surface area contributed by atoms with E-state index < -0.39 is 0 Å². The van der Waals surface area contributed by atoms with E-state index in [4.69, 9.17) is 4.74 Å². The minimum Gasteiger partial charge on any atom is -0.493 e. The van der Waals surface area contributed by atoms with Crippen molar-refractivity contribution in [3.8, 4) is 5.75 Å². The number of carbonyl (C=O) groups is 1. The first-order valence-corrected chi connectivity index (χ1v) is 9.33. The zero-order chi connectivity index (χ0) is 16.4. The third-order valence-electron chi connectivity index (χ3n) is 4.65. The summed E-state index contributed by atoms with van der Waals surface area (Å²) >= 11 is 1.71. The van der Waals surface area contributed by atoms with Crippen molar-refractivity contribution in [1.29, 1.82) is 0 Å². The number of rotatable bonds is 6. The number of fused-ring (bicyclic) bond motifs is 1. The number of aliphatic hydroxyl groups is 1.